The van der Waals surface area contributed by atoms with E-state index in [2.05, 4.69) is 5.32 Å². The van der Waals surface area contributed by atoms with E-state index in [-0.39, 0.29) is 17.8 Å². The summed E-state index contributed by atoms with van der Waals surface area (Å²) in [6, 6.07) is 13.6. The topological polar surface area (TPSA) is 41.6 Å². The molecule has 1 atom stereocenters. The number of ether oxygens (including phenoxy) is 1. The van der Waals surface area contributed by atoms with Crippen LogP contribution in [0.5, 0.6) is 0 Å². The third kappa shape index (κ3) is 4.88. The number of carbonyl (C=O) groups excluding carboxylic acids is 1. The zero-order chi connectivity index (χ0) is 17.5. The lowest BCUT2D eigenvalue weighted by atomic mass is 10.1. The van der Waals surface area contributed by atoms with Crippen molar-refractivity contribution in [1.29, 1.82) is 0 Å². The summed E-state index contributed by atoms with van der Waals surface area (Å²) in [5.74, 6) is -0.429. The molecule has 0 saturated heterocycles. The number of carbonyl (C=O) groups is 1. The van der Waals surface area contributed by atoms with Crippen LogP contribution >= 0.6 is 0 Å². The van der Waals surface area contributed by atoms with E-state index in [1.54, 1.807) is 25.3 Å². The molecule has 0 saturated carbocycles. The Kier molecular flexibility index (Phi) is 6.46. The van der Waals surface area contributed by atoms with Gasteiger partial charge >= 0.3 is 0 Å². The molecule has 0 aliphatic carbocycles. The molecule has 0 aliphatic rings. The molecule has 2 aromatic rings. The minimum atomic E-state index is -0.278. The lowest BCUT2D eigenvalue weighted by Crippen LogP contribution is -2.34. The highest BCUT2D eigenvalue weighted by Crippen LogP contribution is 2.18. The van der Waals surface area contributed by atoms with Gasteiger partial charge in [0.15, 0.2) is 0 Å². The van der Waals surface area contributed by atoms with Crippen LogP contribution in [-0.4, -0.2) is 38.6 Å². The van der Waals surface area contributed by atoms with Gasteiger partial charge in [0.2, 0.25) is 0 Å². The Labute approximate surface area is 142 Å². The van der Waals surface area contributed by atoms with Gasteiger partial charge in [0.25, 0.3) is 5.91 Å². The van der Waals surface area contributed by atoms with Crippen LogP contribution in [0.2, 0.25) is 0 Å². The number of halogens is 1. The number of benzene rings is 2. The minimum absolute atomic E-state index is 0.0996. The van der Waals surface area contributed by atoms with E-state index in [0.29, 0.717) is 18.7 Å². The van der Waals surface area contributed by atoms with Crippen LogP contribution in [0.4, 0.5) is 4.39 Å². The smallest absolute Gasteiger partial charge is 0.251 e. The van der Waals surface area contributed by atoms with Crippen molar-refractivity contribution in [3.05, 3.63) is 71.0 Å². The van der Waals surface area contributed by atoms with E-state index < -0.39 is 0 Å². The molecule has 4 nitrogen and oxygen atoms in total. The third-order valence-corrected chi connectivity index (χ3v) is 3.84. The largest absolute Gasteiger partial charge is 0.380 e. The summed E-state index contributed by atoms with van der Waals surface area (Å²) < 4.78 is 18.5. The number of hydrogen-bond acceptors (Lipinski definition) is 3. The summed E-state index contributed by atoms with van der Waals surface area (Å²) in [5, 5.41) is 2.92. The Morgan fingerprint density at radius 2 is 1.92 bits per heavy atom. The maximum absolute atomic E-state index is 13.4. The number of likely N-dealkylation sites (N-methyl/N-ethyl adjacent to an activating group) is 1. The molecule has 0 heterocycles. The maximum atomic E-state index is 13.4. The molecule has 2 aromatic carbocycles. The number of hydrogen-bond donors (Lipinski definition) is 1. The summed E-state index contributed by atoms with van der Waals surface area (Å²) in [6.45, 7) is 0.916. The SMILES string of the molecule is COCc1ccc(C(=O)NC[C@H](c2cccc(F)c2)N(C)C)cc1. The van der Waals surface area contributed by atoms with E-state index in [1.807, 2.05) is 37.2 Å². The van der Waals surface area contributed by atoms with E-state index >= 15 is 0 Å². The highest BCUT2D eigenvalue weighted by atomic mass is 19.1. The van der Waals surface area contributed by atoms with Crippen molar-refractivity contribution in [2.45, 2.75) is 12.6 Å². The van der Waals surface area contributed by atoms with Crippen molar-refractivity contribution in [3.63, 3.8) is 0 Å². The first-order valence-corrected chi connectivity index (χ1v) is 7.79. The molecule has 0 aromatic heterocycles. The first kappa shape index (κ1) is 18.1. The first-order chi connectivity index (χ1) is 11.5. The fourth-order valence-electron chi connectivity index (χ4n) is 2.52. The average molecular weight is 330 g/mol. The Hall–Kier alpha value is -2.24. The highest BCUT2D eigenvalue weighted by molar-refractivity contribution is 5.94. The predicted octanol–water partition coefficient (Wildman–Crippen LogP) is 3.00. The second-order valence-corrected chi connectivity index (χ2v) is 5.87. The fourth-order valence-corrected chi connectivity index (χ4v) is 2.52. The number of amides is 1. The highest BCUT2D eigenvalue weighted by Gasteiger charge is 2.16. The molecular weight excluding hydrogens is 307 g/mol. The van der Waals surface area contributed by atoms with Crippen LogP contribution in [0.15, 0.2) is 48.5 Å². The van der Waals surface area contributed by atoms with Crippen molar-refractivity contribution >= 4 is 5.91 Å². The molecule has 5 heteroatoms. The van der Waals surface area contributed by atoms with Gasteiger partial charge in [0.05, 0.1) is 12.6 Å². The number of nitrogens with one attached hydrogen (secondary N) is 1. The first-order valence-electron chi connectivity index (χ1n) is 7.79. The second kappa shape index (κ2) is 8.57. The standard InChI is InChI=1S/C19H23FN2O2/c1-22(2)18(16-5-4-6-17(20)11-16)12-21-19(23)15-9-7-14(8-10-15)13-24-3/h4-11,18H,12-13H2,1-3H3,(H,21,23)/t18-/m1/s1. The molecule has 0 aliphatic heterocycles. The van der Waals surface area contributed by atoms with Gasteiger partial charge in [-0.2, -0.15) is 0 Å². The van der Waals surface area contributed by atoms with E-state index in [0.717, 1.165) is 11.1 Å². The van der Waals surface area contributed by atoms with Crippen molar-refractivity contribution in [1.82, 2.24) is 10.2 Å². The van der Waals surface area contributed by atoms with Crippen LogP contribution in [0.25, 0.3) is 0 Å². The molecule has 0 spiro atoms. The van der Waals surface area contributed by atoms with E-state index in [9.17, 15) is 9.18 Å². The predicted molar refractivity (Wildman–Crippen MR) is 92.3 cm³/mol. The fraction of sp³-hybridized carbons (Fsp3) is 0.316. The monoisotopic (exact) mass is 330 g/mol. The van der Waals surface area contributed by atoms with Crippen LogP contribution in [0.3, 0.4) is 0 Å². The maximum Gasteiger partial charge on any atom is 0.251 e. The molecular formula is C19H23FN2O2. The Balaban J connectivity index is 2.02. The van der Waals surface area contributed by atoms with Crippen molar-refractivity contribution in [2.24, 2.45) is 0 Å². The van der Waals surface area contributed by atoms with Gasteiger partial charge in [-0.05, 0) is 49.5 Å². The van der Waals surface area contributed by atoms with Crippen LogP contribution < -0.4 is 5.32 Å². The molecule has 0 radical (unpaired) electrons. The van der Waals surface area contributed by atoms with Gasteiger partial charge < -0.3 is 15.0 Å². The molecule has 1 N–H and O–H groups in total. The molecule has 1 amide bonds. The lowest BCUT2D eigenvalue weighted by Gasteiger charge is -2.25. The van der Waals surface area contributed by atoms with Gasteiger partial charge in [-0.15, -0.1) is 0 Å². The number of nitrogens with zero attached hydrogens (tertiary/aromatic N) is 1. The van der Waals surface area contributed by atoms with Gasteiger partial charge in [0.1, 0.15) is 5.82 Å². The quantitative estimate of drug-likeness (QED) is 0.848. The van der Waals surface area contributed by atoms with Gasteiger partial charge in [-0.3, -0.25) is 4.79 Å². The molecule has 0 fully saturated rings. The van der Waals surface area contributed by atoms with E-state index in [4.69, 9.17) is 4.74 Å². The van der Waals surface area contributed by atoms with Crippen molar-refractivity contribution in [2.75, 3.05) is 27.7 Å². The summed E-state index contributed by atoms with van der Waals surface area (Å²) in [5.41, 5.74) is 2.43. The molecule has 2 rings (SSSR count). The zero-order valence-electron chi connectivity index (χ0n) is 14.3. The van der Waals surface area contributed by atoms with Crippen LogP contribution in [0, 0.1) is 5.82 Å². The number of methoxy groups -OCH3 is 1. The zero-order valence-corrected chi connectivity index (χ0v) is 14.3. The Morgan fingerprint density at radius 3 is 2.50 bits per heavy atom. The second-order valence-electron chi connectivity index (χ2n) is 5.87. The van der Waals surface area contributed by atoms with Gasteiger partial charge in [0, 0.05) is 19.2 Å². The Morgan fingerprint density at radius 1 is 1.21 bits per heavy atom. The molecule has 128 valence electrons. The van der Waals surface area contributed by atoms with Crippen LogP contribution in [-0.2, 0) is 11.3 Å². The molecule has 0 unspecified atom stereocenters. The lowest BCUT2D eigenvalue weighted by molar-refractivity contribution is 0.0942. The molecule has 0 bridgehead atoms. The van der Waals surface area contributed by atoms with Gasteiger partial charge in [-0.1, -0.05) is 24.3 Å². The number of rotatable bonds is 7. The third-order valence-electron chi connectivity index (χ3n) is 3.84. The normalized spacial score (nSPS) is 12.2. The van der Waals surface area contributed by atoms with Crippen molar-refractivity contribution in [3.8, 4) is 0 Å². The summed E-state index contributed by atoms with van der Waals surface area (Å²) in [7, 11) is 5.44. The summed E-state index contributed by atoms with van der Waals surface area (Å²) in [4.78, 5) is 14.3. The summed E-state index contributed by atoms with van der Waals surface area (Å²) >= 11 is 0. The van der Waals surface area contributed by atoms with Gasteiger partial charge in [-0.25, -0.2) is 4.39 Å². The minimum Gasteiger partial charge on any atom is -0.380 e. The van der Waals surface area contributed by atoms with Crippen LogP contribution in [0.1, 0.15) is 27.5 Å². The summed E-state index contributed by atoms with van der Waals surface area (Å²) in [6.07, 6.45) is 0. The van der Waals surface area contributed by atoms with Crippen molar-refractivity contribution < 1.29 is 13.9 Å². The van der Waals surface area contributed by atoms with E-state index in [1.165, 1.54) is 12.1 Å². The Bertz CT molecular complexity index is 671. The molecule has 24 heavy (non-hydrogen) atoms. The average Bonchev–Trinajstić information content (AvgIpc) is 2.55.